The Labute approximate surface area is 141 Å². The van der Waals surface area contributed by atoms with Gasteiger partial charge >= 0.3 is 12.4 Å². The van der Waals surface area contributed by atoms with Gasteiger partial charge in [0.05, 0.1) is 23.9 Å². The fourth-order valence-corrected chi connectivity index (χ4v) is 2.41. The van der Waals surface area contributed by atoms with E-state index in [4.69, 9.17) is 4.74 Å². The number of halogens is 7. The molecular formula is C15H10BrF6NO. The molecule has 0 bridgehead atoms. The van der Waals surface area contributed by atoms with Gasteiger partial charge < -0.3 is 4.74 Å². The number of nitrogens with zero attached hydrogens (tertiary/aromatic N) is 1. The third kappa shape index (κ3) is 3.82. The van der Waals surface area contributed by atoms with Crippen LogP contribution in [0, 0.1) is 0 Å². The van der Waals surface area contributed by atoms with Crippen molar-refractivity contribution in [1.29, 1.82) is 0 Å². The summed E-state index contributed by atoms with van der Waals surface area (Å²) in [5.41, 5.74) is -3.70. The number of aromatic nitrogens is 1. The molecule has 1 aromatic carbocycles. The standard InChI is InChI=1S/C15H10BrF6NO/c1-24-9-2-3-10(11(5-9)14(17,18)19)13-12(15(20,21)22)4-8(6-16)7-23-13/h2-5,7H,6H2,1H3. The van der Waals surface area contributed by atoms with Gasteiger partial charge in [0.1, 0.15) is 5.75 Å². The maximum atomic E-state index is 13.3. The fourth-order valence-electron chi connectivity index (χ4n) is 2.10. The smallest absolute Gasteiger partial charge is 0.418 e. The maximum absolute atomic E-state index is 13.3. The third-order valence-electron chi connectivity index (χ3n) is 3.19. The Morgan fingerprint density at radius 1 is 1.00 bits per heavy atom. The summed E-state index contributed by atoms with van der Waals surface area (Å²) in [5, 5.41) is 0.0953. The number of methoxy groups -OCH3 is 1. The molecule has 24 heavy (non-hydrogen) atoms. The minimum absolute atomic E-state index is 0.0953. The van der Waals surface area contributed by atoms with E-state index in [-0.39, 0.29) is 16.6 Å². The Kier molecular flexibility index (Phi) is 5.12. The lowest BCUT2D eigenvalue weighted by Crippen LogP contribution is -2.13. The Morgan fingerprint density at radius 2 is 1.62 bits per heavy atom. The van der Waals surface area contributed by atoms with Crippen molar-refractivity contribution in [3.05, 3.63) is 47.2 Å². The largest absolute Gasteiger partial charge is 0.497 e. The van der Waals surface area contributed by atoms with Gasteiger partial charge in [-0.25, -0.2) is 0 Å². The summed E-state index contributed by atoms with van der Waals surface area (Å²) in [6, 6.07) is 3.51. The van der Waals surface area contributed by atoms with Gasteiger partial charge in [-0.05, 0) is 29.8 Å². The first kappa shape index (κ1) is 18.6. The highest BCUT2D eigenvalue weighted by Gasteiger charge is 2.39. The third-order valence-corrected chi connectivity index (χ3v) is 3.84. The zero-order valence-corrected chi connectivity index (χ0v) is 13.7. The van der Waals surface area contributed by atoms with Gasteiger partial charge in [0, 0.05) is 17.1 Å². The molecule has 0 saturated carbocycles. The number of ether oxygens (including phenoxy) is 1. The van der Waals surface area contributed by atoms with E-state index < -0.39 is 34.7 Å². The van der Waals surface area contributed by atoms with Crippen molar-refractivity contribution in [2.45, 2.75) is 17.7 Å². The quantitative estimate of drug-likeness (QED) is 0.476. The van der Waals surface area contributed by atoms with Gasteiger partial charge in [-0.1, -0.05) is 15.9 Å². The average molecular weight is 414 g/mol. The van der Waals surface area contributed by atoms with Crippen LogP contribution in [0.4, 0.5) is 26.3 Å². The first-order valence-electron chi connectivity index (χ1n) is 6.45. The second kappa shape index (κ2) is 6.62. The summed E-state index contributed by atoms with van der Waals surface area (Å²) >= 11 is 3.00. The molecule has 0 aliphatic carbocycles. The molecule has 0 aliphatic rings. The average Bonchev–Trinajstić information content (AvgIpc) is 2.52. The van der Waals surface area contributed by atoms with Gasteiger partial charge in [0.2, 0.25) is 0 Å². The highest BCUT2D eigenvalue weighted by atomic mass is 79.9. The first-order chi connectivity index (χ1) is 11.1. The molecule has 0 amide bonds. The van der Waals surface area contributed by atoms with E-state index in [2.05, 4.69) is 20.9 Å². The molecule has 0 atom stereocenters. The molecule has 0 aliphatic heterocycles. The van der Waals surface area contributed by atoms with Crippen molar-refractivity contribution in [2.75, 3.05) is 7.11 Å². The maximum Gasteiger partial charge on any atom is 0.418 e. The monoisotopic (exact) mass is 413 g/mol. The molecule has 0 radical (unpaired) electrons. The number of alkyl halides is 7. The molecule has 2 nitrogen and oxygen atoms in total. The number of rotatable bonds is 3. The summed E-state index contributed by atoms with van der Waals surface area (Å²) in [6.45, 7) is 0. The molecule has 0 saturated heterocycles. The molecule has 0 unspecified atom stereocenters. The Morgan fingerprint density at radius 3 is 2.12 bits per heavy atom. The second-order valence-corrected chi connectivity index (χ2v) is 5.34. The molecular weight excluding hydrogens is 404 g/mol. The van der Waals surface area contributed by atoms with Crippen molar-refractivity contribution in [3.8, 4) is 17.0 Å². The molecule has 1 aromatic heterocycles. The van der Waals surface area contributed by atoms with Crippen LogP contribution in [0.15, 0.2) is 30.5 Å². The lowest BCUT2D eigenvalue weighted by molar-refractivity contribution is -0.139. The Hall–Kier alpha value is -1.77. The molecule has 2 rings (SSSR count). The van der Waals surface area contributed by atoms with E-state index in [1.54, 1.807) is 0 Å². The summed E-state index contributed by atoms with van der Waals surface area (Å²) in [6.07, 6.45) is -8.60. The van der Waals surface area contributed by atoms with Crippen LogP contribution in [0.25, 0.3) is 11.3 Å². The van der Waals surface area contributed by atoms with Gasteiger partial charge in [-0.3, -0.25) is 4.98 Å². The first-order valence-corrected chi connectivity index (χ1v) is 7.57. The van der Waals surface area contributed by atoms with Crippen molar-refractivity contribution in [1.82, 2.24) is 4.98 Å². The zero-order valence-electron chi connectivity index (χ0n) is 12.1. The summed E-state index contributed by atoms with van der Waals surface area (Å²) in [5.74, 6) is -0.114. The minimum atomic E-state index is -4.86. The number of benzene rings is 1. The second-order valence-electron chi connectivity index (χ2n) is 4.78. The van der Waals surface area contributed by atoms with Crippen LogP contribution in [-0.2, 0) is 17.7 Å². The van der Waals surface area contributed by atoms with Crippen LogP contribution < -0.4 is 4.74 Å². The molecule has 2 aromatic rings. The number of hydrogen-bond donors (Lipinski definition) is 0. The van der Waals surface area contributed by atoms with Crippen LogP contribution >= 0.6 is 15.9 Å². The van der Waals surface area contributed by atoms with Crippen LogP contribution in [0.3, 0.4) is 0 Å². The van der Waals surface area contributed by atoms with E-state index in [9.17, 15) is 26.3 Å². The van der Waals surface area contributed by atoms with Gasteiger partial charge in [0.25, 0.3) is 0 Å². The van der Waals surface area contributed by atoms with Crippen LogP contribution in [0.2, 0.25) is 0 Å². The van der Waals surface area contributed by atoms with Gasteiger partial charge in [0.15, 0.2) is 0 Å². The van der Waals surface area contributed by atoms with Gasteiger partial charge in [-0.15, -0.1) is 0 Å². The van der Waals surface area contributed by atoms with Gasteiger partial charge in [-0.2, -0.15) is 26.3 Å². The van der Waals surface area contributed by atoms with E-state index in [0.717, 1.165) is 24.4 Å². The predicted molar refractivity (Wildman–Crippen MR) is 78.9 cm³/mol. The van der Waals surface area contributed by atoms with Crippen molar-refractivity contribution in [2.24, 2.45) is 0 Å². The summed E-state index contributed by atoms with van der Waals surface area (Å²) in [4.78, 5) is 3.63. The molecule has 130 valence electrons. The van der Waals surface area contributed by atoms with Crippen LogP contribution in [-0.4, -0.2) is 12.1 Å². The van der Waals surface area contributed by atoms with E-state index in [0.29, 0.717) is 6.07 Å². The lowest BCUT2D eigenvalue weighted by Gasteiger charge is -2.18. The number of hydrogen-bond acceptors (Lipinski definition) is 2. The van der Waals surface area contributed by atoms with E-state index >= 15 is 0 Å². The van der Waals surface area contributed by atoms with E-state index in [1.807, 2.05) is 0 Å². The Bertz CT molecular complexity index is 678. The Balaban J connectivity index is 2.77. The molecule has 1 heterocycles. The minimum Gasteiger partial charge on any atom is -0.497 e. The normalized spacial score (nSPS) is 12.3. The molecule has 0 N–H and O–H groups in total. The highest BCUT2D eigenvalue weighted by Crippen LogP contribution is 2.43. The van der Waals surface area contributed by atoms with Crippen LogP contribution in [0.1, 0.15) is 16.7 Å². The topological polar surface area (TPSA) is 22.1 Å². The molecule has 0 spiro atoms. The summed E-state index contributed by atoms with van der Waals surface area (Å²) < 4.78 is 84.3. The highest BCUT2D eigenvalue weighted by molar-refractivity contribution is 9.08. The summed E-state index contributed by atoms with van der Waals surface area (Å²) in [7, 11) is 1.17. The van der Waals surface area contributed by atoms with Crippen LogP contribution in [0.5, 0.6) is 5.75 Å². The van der Waals surface area contributed by atoms with Crippen molar-refractivity contribution >= 4 is 15.9 Å². The predicted octanol–water partition coefficient (Wildman–Crippen LogP) is 5.69. The molecule has 9 heteroatoms. The zero-order chi connectivity index (χ0) is 18.1. The molecule has 0 fully saturated rings. The van der Waals surface area contributed by atoms with E-state index in [1.165, 1.54) is 7.11 Å². The number of pyridine rings is 1. The SMILES string of the molecule is COc1ccc(-c2ncc(CBr)cc2C(F)(F)F)c(C(F)(F)F)c1. The lowest BCUT2D eigenvalue weighted by atomic mass is 9.98. The van der Waals surface area contributed by atoms with Crippen molar-refractivity contribution < 1.29 is 31.1 Å². The van der Waals surface area contributed by atoms with Crippen molar-refractivity contribution in [3.63, 3.8) is 0 Å². The fraction of sp³-hybridized carbons (Fsp3) is 0.267.